The van der Waals surface area contributed by atoms with E-state index in [0.717, 1.165) is 66.5 Å². The number of hydrogen-bond donors (Lipinski definition) is 1. The van der Waals surface area contributed by atoms with Crippen LogP contribution in [0.15, 0.2) is 41.0 Å². The number of amides is 2. The highest BCUT2D eigenvalue weighted by molar-refractivity contribution is 6.19. The summed E-state index contributed by atoms with van der Waals surface area (Å²) in [5.74, 6) is 2.54. The smallest absolute Gasteiger partial charge is 0.257 e. The number of hydrogen-bond acceptors (Lipinski definition) is 3. The van der Waals surface area contributed by atoms with Gasteiger partial charge in [0.15, 0.2) is 0 Å². The largest absolute Gasteiger partial charge is 0.342 e. The Morgan fingerprint density at radius 2 is 1.79 bits per heavy atom. The molecule has 0 radical (unpaired) electrons. The molecule has 3 unspecified atom stereocenters. The molecule has 1 N–H and O–H groups in total. The number of imide groups is 1. The fourth-order valence-corrected chi connectivity index (χ4v) is 6.21. The van der Waals surface area contributed by atoms with Gasteiger partial charge in [0.1, 0.15) is 5.82 Å². The zero-order valence-corrected chi connectivity index (χ0v) is 20.3. The van der Waals surface area contributed by atoms with Crippen molar-refractivity contribution in [3.63, 3.8) is 0 Å². The van der Waals surface area contributed by atoms with E-state index >= 15 is 0 Å². The van der Waals surface area contributed by atoms with Crippen molar-refractivity contribution >= 4 is 22.8 Å². The van der Waals surface area contributed by atoms with E-state index in [2.05, 4.69) is 57.0 Å². The minimum absolute atomic E-state index is 0.0250. The Bertz CT molecular complexity index is 1140. The predicted octanol–water partition coefficient (Wildman–Crippen LogP) is 5.51. The van der Waals surface area contributed by atoms with Gasteiger partial charge in [-0.2, -0.15) is 0 Å². The number of imidazole rings is 1. The molecule has 174 valence electrons. The van der Waals surface area contributed by atoms with Crippen molar-refractivity contribution in [2.24, 2.45) is 23.7 Å². The van der Waals surface area contributed by atoms with Crippen LogP contribution in [-0.2, 0) is 16.0 Å². The van der Waals surface area contributed by atoms with Crippen LogP contribution >= 0.6 is 0 Å². The van der Waals surface area contributed by atoms with E-state index in [1.807, 2.05) is 0 Å². The second-order valence-corrected chi connectivity index (χ2v) is 10.7. The van der Waals surface area contributed by atoms with Crippen molar-refractivity contribution in [1.82, 2.24) is 14.9 Å². The highest BCUT2D eigenvalue weighted by atomic mass is 16.2. The maximum atomic E-state index is 13.0. The lowest BCUT2D eigenvalue weighted by atomic mass is 9.69. The lowest BCUT2D eigenvalue weighted by molar-refractivity contribution is -0.138. The lowest BCUT2D eigenvalue weighted by Crippen LogP contribution is -2.40. The summed E-state index contributed by atoms with van der Waals surface area (Å²) in [6.07, 6.45) is 7.88. The molecule has 1 aromatic carbocycles. The maximum absolute atomic E-state index is 13.0. The average Bonchev–Trinajstić information content (AvgIpc) is 3.31. The molecule has 1 aliphatic heterocycles. The number of nitrogens with zero attached hydrogens (tertiary/aromatic N) is 2. The number of aromatic nitrogens is 2. The number of aryl methyl sites for hydroxylation is 1. The quantitative estimate of drug-likeness (QED) is 0.488. The Morgan fingerprint density at radius 3 is 2.42 bits per heavy atom. The third kappa shape index (κ3) is 3.96. The van der Waals surface area contributed by atoms with Gasteiger partial charge in [-0.3, -0.25) is 14.5 Å². The zero-order chi connectivity index (χ0) is 23.3. The summed E-state index contributed by atoms with van der Waals surface area (Å²) < 4.78 is 0. The normalized spacial score (nSPS) is 25.9. The van der Waals surface area contributed by atoms with Crippen molar-refractivity contribution in [1.29, 1.82) is 0 Å². The van der Waals surface area contributed by atoms with Gasteiger partial charge in [-0.05, 0) is 81.3 Å². The first-order chi connectivity index (χ1) is 15.8. The number of H-pyrrole nitrogens is 1. The molecule has 33 heavy (non-hydrogen) atoms. The summed E-state index contributed by atoms with van der Waals surface area (Å²) in [6, 6.07) is 6.26. The monoisotopic (exact) mass is 445 g/mol. The molecule has 2 heterocycles. The lowest BCUT2D eigenvalue weighted by Gasteiger charge is -2.38. The second kappa shape index (κ2) is 8.58. The minimum Gasteiger partial charge on any atom is -0.342 e. The number of fused-ring (bicyclic) bond motifs is 1. The molecule has 1 aromatic heterocycles. The third-order valence-electron chi connectivity index (χ3n) is 8.15. The van der Waals surface area contributed by atoms with E-state index in [1.54, 1.807) is 4.90 Å². The van der Waals surface area contributed by atoms with Crippen LogP contribution in [0, 0.1) is 30.6 Å². The van der Waals surface area contributed by atoms with Gasteiger partial charge >= 0.3 is 0 Å². The first-order valence-corrected chi connectivity index (χ1v) is 12.5. The molecule has 0 saturated carbocycles. The van der Waals surface area contributed by atoms with Gasteiger partial charge in [0.05, 0.1) is 11.0 Å². The van der Waals surface area contributed by atoms with Gasteiger partial charge in [0.25, 0.3) is 11.8 Å². The Hall–Kier alpha value is -2.69. The maximum Gasteiger partial charge on any atom is 0.257 e. The van der Waals surface area contributed by atoms with Gasteiger partial charge in [-0.25, -0.2) is 4.98 Å². The Labute approximate surface area is 196 Å². The average molecular weight is 446 g/mol. The number of benzene rings is 1. The number of carbonyl (C=O) groups excluding carboxylic acids is 2. The summed E-state index contributed by atoms with van der Waals surface area (Å²) in [5, 5.41) is 0. The van der Waals surface area contributed by atoms with Crippen LogP contribution in [0.2, 0.25) is 0 Å². The molecule has 3 aliphatic rings. The van der Waals surface area contributed by atoms with E-state index < -0.39 is 0 Å². The van der Waals surface area contributed by atoms with Crippen LogP contribution in [0.25, 0.3) is 11.0 Å². The highest BCUT2D eigenvalue weighted by Crippen LogP contribution is 2.41. The van der Waals surface area contributed by atoms with E-state index in [1.165, 1.54) is 11.1 Å². The molecule has 2 amide bonds. The molecule has 5 heteroatoms. The first kappa shape index (κ1) is 22.1. The molecule has 0 spiro atoms. The van der Waals surface area contributed by atoms with Crippen molar-refractivity contribution in [3.8, 4) is 0 Å². The molecule has 0 saturated heterocycles. The molecule has 3 atom stereocenters. The van der Waals surface area contributed by atoms with Gasteiger partial charge in [-0.15, -0.1) is 0 Å². The first-order valence-electron chi connectivity index (χ1n) is 12.5. The summed E-state index contributed by atoms with van der Waals surface area (Å²) in [7, 11) is 0. The molecule has 2 aromatic rings. The summed E-state index contributed by atoms with van der Waals surface area (Å²) in [6.45, 7) is 9.36. The fourth-order valence-electron chi connectivity index (χ4n) is 6.21. The van der Waals surface area contributed by atoms with E-state index in [9.17, 15) is 9.59 Å². The number of para-hydroxylation sites is 1. The van der Waals surface area contributed by atoms with Gasteiger partial charge in [-0.1, -0.05) is 37.6 Å². The fraction of sp³-hybridized carbons (Fsp3) is 0.536. The molecule has 5 rings (SSSR count). The molecule has 0 fully saturated rings. The summed E-state index contributed by atoms with van der Waals surface area (Å²) >= 11 is 0. The van der Waals surface area contributed by atoms with Crippen LogP contribution in [0.5, 0.6) is 0 Å². The Kier molecular flexibility index (Phi) is 5.75. The van der Waals surface area contributed by atoms with Gasteiger partial charge in [0.2, 0.25) is 0 Å². The second-order valence-electron chi connectivity index (χ2n) is 10.7. The van der Waals surface area contributed by atoms with Crippen LogP contribution in [0.3, 0.4) is 0 Å². The number of aromatic amines is 1. The van der Waals surface area contributed by atoms with E-state index in [4.69, 9.17) is 4.98 Å². The summed E-state index contributed by atoms with van der Waals surface area (Å²) in [5.41, 5.74) is 6.30. The molecule has 0 bridgehead atoms. The van der Waals surface area contributed by atoms with Crippen molar-refractivity contribution in [3.05, 3.63) is 52.4 Å². The molecule has 2 aliphatic carbocycles. The SMILES string of the molecule is CC1=CC(CN2C(=O)C3=C(CCCC3)C2=O)C(C(C)C)CC1Cc1nc2c(C)cccc2[nH]1. The van der Waals surface area contributed by atoms with Gasteiger partial charge < -0.3 is 4.98 Å². The van der Waals surface area contributed by atoms with E-state index in [0.29, 0.717) is 24.3 Å². The Balaban J connectivity index is 1.36. The van der Waals surface area contributed by atoms with Gasteiger partial charge in [0, 0.05) is 24.1 Å². The van der Waals surface area contributed by atoms with Crippen LogP contribution < -0.4 is 0 Å². The number of nitrogens with one attached hydrogen (secondary N) is 1. The topological polar surface area (TPSA) is 66.1 Å². The molecular weight excluding hydrogens is 410 g/mol. The Morgan fingerprint density at radius 1 is 1.09 bits per heavy atom. The van der Waals surface area contributed by atoms with Crippen LogP contribution in [-0.4, -0.2) is 33.2 Å². The standard InChI is InChI=1S/C28H35N3O2/c1-16(2)23-13-19(14-25-29-24-11-7-8-17(3)26(24)30-25)18(4)12-20(23)15-31-27(32)21-9-5-6-10-22(21)28(31)33/h7-8,11-12,16,19-20,23H,5-6,9-10,13-15H2,1-4H3,(H,29,30). The predicted molar refractivity (Wildman–Crippen MR) is 130 cm³/mol. The number of allylic oxidation sites excluding steroid dienone is 1. The molecular formula is C28H35N3O2. The van der Waals surface area contributed by atoms with Crippen molar-refractivity contribution < 1.29 is 9.59 Å². The van der Waals surface area contributed by atoms with E-state index in [-0.39, 0.29) is 17.7 Å². The minimum atomic E-state index is -0.0250. The van der Waals surface area contributed by atoms with Crippen molar-refractivity contribution in [2.75, 3.05) is 6.54 Å². The van der Waals surface area contributed by atoms with Crippen molar-refractivity contribution in [2.45, 2.75) is 66.2 Å². The molecule has 5 nitrogen and oxygen atoms in total. The van der Waals surface area contributed by atoms with Crippen LogP contribution in [0.1, 0.15) is 64.3 Å². The highest BCUT2D eigenvalue weighted by Gasteiger charge is 2.41. The van der Waals surface area contributed by atoms with Crippen LogP contribution in [0.4, 0.5) is 0 Å². The zero-order valence-electron chi connectivity index (χ0n) is 20.3. The number of carbonyl (C=O) groups is 2. The third-order valence-corrected chi connectivity index (χ3v) is 8.15. The summed E-state index contributed by atoms with van der Waals surface area (Å²) in [4.78, 5) is 36.0. The number of rotatable bonds is 5.